The molecule has 7 heteroatoms. The number of hydrogen-bond donors (Lipinski definition) is 2. The Morgan fingerprint density at radius 2 is 1.84 bits per heavy atom. The highest BCUT2D eigenvalue weighted by Crippen LogP contribution is 2.19. The Bertz CT molecular complexity index is 682. The molecule has 0 unspecified atom stereocenters. The van der Waals surface area contributed by atoms with E-state index in [9.17, 15) is 4.79 Å². The molecule has 0 atom stereocenters. The smallest absolute Gasteiger partial charge is 0.287 e. The summed E-state index contributed by atoms with van der Waals surface area (Å²) in [7, 11) is 0. The van der Waals surface area contributed by atoms with Crippen molar-refractivity contribution >= 4 is 34.2 Å². The number of carbonyl (C=O) groups excluding carboxylic acids is 1. The molecule has 1 aromatic heterocycles. The average molecular weight is 430 g/mol. The van der Waals surface area contributed by atoms with Crippen LogP contribution in [0.1, 0.15) is 42.0 Å². The maximum absolute atomic E-state index is 12.2. The fraction of sp³-hybridized carbons (Fsp3) is 0.389. The van der Waals surface area contributed by atoms with Crippen LogP contribution in [0.5, 0.6) is 5.75 Å². The lowest BCUT2D eigenvalue weighted by atomic mass is 9.92. The molecule has 1 aliphatic rings. The summed E-state index contributed by atoms with van der Waals surface area (Å²) in [5.74, 6) is 1.51. The second-order valence-corrected chi connectivity index (χ2v) is 7.01. The highest BCUT2D eigenvalue weighted by atomic mass is 79.9. The van der Waals surface area contributed by atoms with Gasteiger partial charge in [0.1, 0.15) is 18.1 Å². The molecular weight excluding hydrogens is 408 g/mol. The Morgan fingerprint density at radius 3 is 2.52 bits per heavy atom. The molecule has 1 aliphatic carbocycles. The summed E-state index contributed by atoms with van der Waals surface area (Å²) in [5.41, 5.74) is 5.88. The van der Waals surface area contributed by atoms with Crippen LogP contribution < -0.4 is 15.8 Å². The second-order valence-electron chi connectivity index (χ2n) is 6.09. The molecule has 0 radical (unpaired) electrons. The van der Waals surface area contributed by atoms with E-state index in [0.717, 1.165) is 35.9 Å². The first kappa shape index (κ1) is 19.8. The highest BCUT2D eigenvalue weighted by Gasteiger charge is 2.21. The normalized spacial score (nSPS) is 19.8. The molecule has 1 fully saturated rings. The highest BCUT2D eigenvalue weighted by molar-refractivity contribution is 9.10. The van der Waals surface area contributed by atoms with Crippen molar-refractivity contribution in [3.8, 4) is 5.75 Å². The molecule has 3 N–H and O–H groups in total. The number of ether oxygens (including phenoxy) is 1. The Kier molecular flexibility index (Phi) is 7.35. The fourth-order valence-corrected chi connectivity index (χ4v) is 3.05. The van der Waals surface area contributed by atoms with E-state index in [4.69, 9.17) is 14.9 Å². The largest absolute Gasteiger partial charge is 0.486 e. The first-order valence-electron chi connectivity index (χ1n) is 8.13. The molecule has 1 heterocycles. The zero-order valence-corrected chi connectivity index (χ0v) is 16.1. The minimum atomic E-state index is -0.176. The number of carbonyl (C=O) groups is 1. The Hall–Kier alpha value is -1.50. The Morgan fingerprint density at radius 1 is 1.16 bits per heavy atom. The standard InChI is InChI=1S/C18H21BrN2O3.ClH/c19-12-1-7-15(8-2-12)23-11-16-9-10-17(24-16)18(22)21-14-5-3-13(20)4-6-14;/h1-2,7-10,13-14H,3-6,11,20H2,(H,21,22);1H. The van der Waals surface area contributed by atoms with Gasteiger partial charge in [0, 0.05) is 16.6 Å². The van der Waals surface area contributed by atoms with Crippen molar-refractivity contribution in [2.75, 3.05) is 0 Å². The van der Waals surface area contributed by atoms with Crippen molar-refractivity contribution in [3.63, 3.8) is 0 Å². The van der Waals surface area contributed by atoms with Crippen LogP contribution in [0, 0.1) is 0 Å². The summed E-state index contributed by atoms with van der Waals surface area (Å²) in [6.45, 7) is 0.285. The molecule has 25 heavy (non-hydrogen) atoms. The van der Waals surface area contributed by atoms with Crippen molar-refractivity contribution in [1.29, 1.82) is 0 Å². The van der Waals surface area contributed by atoms with Gasteiger partial charge in [-0.25, -0.2) is 0 Å². The van der Waals surface area contributed by atoms with E-state index < -0.39 is 0 Å². The van der Waals surface area contributed by atoms with E-state index in [2.05, 4.69) is 21.2 Å². The van der Waals surface area contributed by atoms with Crippen molar-refractivity contribution in [3.05, 3.63) is 52.4 Å². The number of halogens is 2. The lowest BCUT2D eigenvalue weighted by molar-refractivity contribution is 0.0893. The summed E-state index contributed by atoms with van der Waals surface area (Å²) in [6, 6.07) is 11.5. The average Bonchev–Trinajstić information content (AvgIpc) is 3.06. The minimum Gasteiger partial charge on any atom is -0.486 e. The number of amides is 1. The molecule has 0 aliphatic heterocycles. The summed E-state index contributed by atoms with van der Waals surface area (Å²) in [6.07, 6.45) is 3.76. The Balaban J connectivity index is 0.00000225. The van der Waals surface area contributed by atoms with Crippen molar-refractivity contribution in [1.82, 2.24) is 5.32 Å². The summed E-state index contributed by atoms with van der Waals surface area (Å²) < 4.78 is 12.2. The quantitative estimate of drug-likeness (QED) is 0.752. The van der Waals surface area contributed by atoms with Gasteiger partial charge < -0.3 is 20.2 Å². The molecule has 2 aromatic rings. The van der Waals surface area contributed by atoms with Gasteiger partial charge in [-0.2, -0.15) is 0 Å². The van der Waals surface area contributed by atoms with Gasteiger partial charge in [-0.05, 0) is 62.1 Å². The van der Waals surface area contributed by atoms with Gasteiger partial charge in [-0.3, -0.25) is 4.79 Å². The van der Waals surface area contributed by atoms with Gasteiger partial charge >= 0.3 is 0 Å². The van der Waals surface area contributed by atoms with Gasteiger partial charge in [-0.1, -0.05) is 15.9 Å². The SMILES string of the molecule is Cl.NC1CCC(NC(=O)c2ccc(COc3ccc(Br)cc3)o2)CC1. The fourth-order valence-electron chi connectivity index (χ4n) is 2.78. The van der Waals surface area contributed by atoms with Gasteiger partial charge in [0.05, 0.1) is 0 Å². The van der Waals surface area contributed by atoms with Gasteiger partial charge in [0.25, 0.3) is 5.91 Å². The molecule has 0 spiro atoms. The lowest BCUT2D eigenvalue weighted by Crippen LogP contribution is -2.40. The molecule has 0 saturated heterocycles. The van der Waals surface area contributed by atoms with Crippen molar-refractivity contribution in [2.24, 2.45) is 5.73 Å². The predicted molar refractivity (Wildman–Crippen MR) is 102 cm³/mol. The molecule has 5 nitrogen and oxygen atoms in total. The van der Waals surface area contributed by atoms with Crippen LogP contribution in [-0.4, -0.2) is 18.0 Å². The van der Waals surface area contributed by atoms with Crippen molar-refractivity contribution < 1.29 is 13.9 Å². The predicted octanol–water partition coefficient (Wildman–Crippen LogP) is 4.04. The molecule has 136 valence electrons. The second kappa shape index (κ2) is 9.27. The number of nitrogens with one attached hydrogen (secondary N) is 1. The zero-order chi connectivity index (χ0) is 16.9. The molecular formula is C18H22BrClN2O3. The van der Waals surface area contributed by atoms with E-state index in [1.165, 1.54) is 0 Å². The third-order valence-electron chi connectivity index (χ3n) is 4.19. The number of furan rings is 1. The molecule has 3 rings (SSSR count). The maximum atomic E-state index is 12.2. The maximum Gasteiger partial charge on any atom is 0.287 e. The number of hydrogen-bond acceptors (Lipinski definition) is 4. The number of nitrogens with two attached hydrogens (primary N) is 1. The first-order valence-corrected chi connectivity index (χ1v) is 8.93. The van der Waals surface area contributed by atoms with E-state index in [-0.39, 0.29) is 37.0 Å². The van der Waals surface area contributed by atoms with Gasteiger partial charge in [0.15, 0.2) is 5.76 Å². The van der Waals surface area contributed by atoms with Gasteiger partial charge in [0.2, 0.25) is 0 Å². The third kappa shape index (κ3) is 5.76. The number of rotatable bonds is 5. The van der Waals surface area contributed by atoms with E-state index in [1.807, 2.05) is 24.3 Å². The van der Waals surface area contributed by atoms with Crippen LogP contribution >= 0.6 is 28.3 Å². The summed E-state index contributed by atoms with van der Waals surface area (Å²) in [5, 5.41) is 3.01. The summed E-state index contributed by atoms with van der Waals surface area (Å²) >= 11 is 3.38. The minimum absolute atomic E-state index is 0. The van der Waals surface area contributed by atoms with Crippen LogP contribution in [0.4, 0.5) is 0 Å². The van der Waals surface area contributed by atoms with E-state index in [1.54, 1.807) is 12.1 Å². The topological polar surface area (TPSA) is 77.5 Å². The van der Waals surface area contributed by atoms with Crippen LogP contribution in [0.3, 0.4) is 0 Å². The third-order valence-corrected chi connectivity index (χ3v) is 4.72. The van der Waals surface area contributed by atoms with Crippen molar-refractivity contribution in [2.45, 2.75) is 44.4 Å². The zero-order valence-electron chi connectivity index (χ0n) is 13.7. The van der Waals surface area contributed by atoms with Crippen LogP contribution in [-0.2, 0) is 6.61 Å². The van der Waals surface area contributed by atoms with Gasteiger partial charge in [-0.15, -0.1) is 12.4 Å². The van der Waals surface area contributed by atoms with E-state index in [0.29, 0.717) is 11.5 Å². The van der Waals surface area contributed by atoms with Crippen LogP contribution in [0.25, 0.3) is 0 Å². The molecule has 1 saturated carbocycles. The molecule has 1 aromatic carbocycles. The van der Waals surface area contributed by atoms with Crippen LogP contribution in [0.2, 0.25) is 0 Å². The number of benzene rings is 1. The first-order chi connectivity index (χ1) is 11.6. The summed E-state index contributed by atoms with van der Waals surface area (Å²) in [4.78, 5) is 12.2. The van der Waals surface area contributed by atoms with E-state index >= 15 is 0 Å². The molecule has 1 amide bonds. The Labute approximate surface area is 161 Å². The molecule has 0 bridgehead atoms. The monoisotopic (exact) mass is 428 g/mol. The lowest BCUT2D eigenvalue weighted by Gasteiger charge is -2.26. The van der Waals surface area contributed by atoms with Crippen LogP contribution in [0.15, 0.2) is 45.3 Å².